The first-order valence-corrected chi connectivity index (χ1v) is 6.10. The van der Waals surface area contributed by atoms with Crippen molar-refractivity contribution in [2.24, 2.45) is 0 Å². The average Bonchev–Trinajstić information content (AvgIpc) is 2.47. The van der Waals surface area contributed by atoms with Crippen molar-refractivity contribution in [2.75, 3.05) is 13.2 Å². The zero-order chi connectivity index (χ0) is 15.2. The summed E-state index contributed by atoms with van der Waals surface area (Å²) in [7, 11) is 0. The summed E-state index contributed by atoms with van der Waals surface area (Å²) in [5, 5.41) is 8.83. The van der Waals surface area contributed by atoms with Gasteiger partial charge in [-0.3, -0.25) is 0 Å². The number of benzene rings is 2. The molecule has 0 aliphatic rings. The van der Waals surface area contributed by atoms with Gasteiger partial charge in [-0.2, -0.15) is 0 Å². The van der Waals surface area contributed by atoms with E-state index < -0.39 is 17.6 Å². The van der Waals surface area contributed by atoms with E-state index in [4.69, 9.17) is 14.6 Å². The normalized spacial score (nSPS) is 10.2. The first-order chi connectivity index (χ1) is 10.1. The van der Waals surface area contributed by atoms with Crippen LogP contribution in [-0.2, 0) is 0 Å². The molecule has 0 radical (unpaired) electrons. The molecule has 1 N–H and O–H groups in total. The van der Waals surface area contributed by atoms with E-state index in [1.54, 1.807) is 12.1 Å². The number of ether oxygens (including phenoxy) is 2. The summed E-state index contributed by atoms with van der Waals surface area (Å²) in [5.74, 6) is -2.15. The number of hydrogen-bond donors (Lipinski definition) is 1. The van der Waals surface area contributed by atoms with Crippen molar-refractivity contribution in [3.63, 3.8) is 0 Å². The van der Waals surface area contributed by atoms with E-state index in [0.717, 1.165) is 18.2 Å². The van der Waals surface area contributed by atoms with Gasteiger partial charge in [0.2, 0.25) is 0 Å². The second kappa shape index (κ2) is 6.69. The summed E-state index contributed by atoms with van der Waals surface area (Å²) < 4.78 is 36.5. The highest BCUT2D eigenvalue weighted by Gasteiger charge is 2.06. The molecule has 6 heteroatoms. The molecular weight excluding hydrogens is 282 g/mol. The lowest BCUT2D eigenvalue weighted by molar-refractivity contribution is 0.0696. The van der Waals surface area contributed by atoms with Crippen molar-refractivity contribution in [2.45, 2.75) is 0 Å². The van der Waals surface area contributed by atoms with Crippen LogP contribution in [0, 0.1) is 11.6 Å². The number of carboxylic acid groups (broad SMARTS) is 1. The molecule has 2 aromatic rings. The number of halogens is 2. The minimum Gasteiger partial charge on any atom is -0.490 e. The average molecular weight is 294 g/mol. The Labute approximate surface area is 119 Å². The molecular formula is C15H12F2O4. The van der Waals surface area contributed by atoms with E-state index >= 15 is 0 Å². The third-order valence-corrected chi connectivity index (χ3v) is 2.58. The van der Waals surface area contributed by atoms with Gasteiger partial charge in [-0.1, -0.05) is 6.07 Å². The minimum absolute atomic E-state index is 0.00231. The number of rotatable bonds is 6. The molecule has 0 aliphatic heterocycles. The Hall–Kier alpha value is -2.63. The van der Waals surface area contributed by atoms with Crippen LogP contribution >= 0.6 is 0 Å². The van der Waals surface area contributed by atoms with Crippen molar-refractivity contribution in [1.82, 2.24) is 0 Å². The molecule has 0 saturated carbocycles. The molecule has 0 atom stereocenters. The predicted octanol–water partition coefficient (Wildman–Crippen LogP) is 3.12. The lowest BCUT2D eigenvalue weighted by Gasteiger charge is -2.09. The van der Waals surface area contributed by atoms with E-state index in [1.165, 1.54) is 12.1 Å². The highest BCUT2D eigenvalue weighted by atomic mass is 19.1. The summed E-state index contributed by atoms with van der Waals surface area (Å²) in [5.41, 5.74) is 0.101. The van der Waals surface area contributed by atoms with Crippen molar-refractivity contribution >= 4 is 5.97 Å². The van der Waals surface area contributed by atoms with Gasteiger partial charge in [-0.15, -0.1) is 0 Å². The van der Waals surface area contributed by atoms with Gasteiger partial charge in [0.25, 0.3) is 0 Å². The number of carboxylic acids is 1. The Morgan fingerprint density at radius 1 is 1.05 bits per heavy atom. The Morgan fingerprint density at radius 3 is 2.57 bits per heavy atom. The van der Waals surface area contributed by atoms with Crippen LogP contribution in [0.5, 0.6) is 11.5 Å². The molecule has 0 saturated heterocycles. The second-order valence-corrected chi connectivity index (χ2v) is 4.10. The zero-order valence-electron chi connectivity index (χ0n) is 10.9. The van der Waals surface area contributed by atoms with Gasteiger partial charge < -0.3 is 14.6 Å². The van der Waals surface area contributed by atoms with E-state index in [2.05, 4.69) is 0 Å². The molecule has 4 nitrogen and oxygen atoms in total. The summed E-state index contributed by atoms with van der Waals surface area (Å²) in [6.07, 6.45) is 0. The van der Waals surface area contributed by atoms with Gasteiger partial charge in [-0.05, 0) is 30.3 Å². The van der Waals surface area contributed by atoms with Crippen LogP contribution in [0.3, 0.4) is 0 Å². The van der Waals surface area contributed by atoms with Gasteiger partial charge in [0, 0.05) is 6.07 Å². The first kappa shape index (κ1) is 14.8. The largest absolute Gasteiger partial charge is 0.490 e. The molecule has 2 aromatic carbocycles. The minimum atomic E-state index is -1.06. The van der Waals surface area contributed by atoms with E-state index in [0.29, 0.717) is 5.75 Å². The lowest BCUT2D eigenvalue weighted by Crippen LogP contribution is -2.10. The number of aromatic carboxylic acids is 1. The SMILES string of the molecule is O=C(O)c1cccc(OCCOc2cc(F)ccc2F)c1. The van der Waals surface area contributed by atoms with E-state index in [-0.39, 0.29) is 24.5 Å². The maximum absolute atomic E-state index is 13.3. The molecule has 0 aromatic heterocycles. The molecule has 0 amide bonds. The van der Waals surface area contributed by atoms with Crippen LogP contribution in [0.2, 0.25) is 0 Å². The molecule has 0 unspecified atom stereocenters. The fourth-order valence-corrected chi connectivity index (χ4v) is 1.62. The predicted molar refractivity (Wildman–Crippen MR) is 70.7 cm³/mol. The number of hydrogen-bond acceptors (Lipinski definition) is 3. The van der Waals surface area contributed by atoms with Crippen LogP contribution in [0.4, 0.5) is 8.78 Å². The maximum atomic E-state index is 13.3. The first-order valence-electron chi connectivity index (χ1n) is 6.10. The molecule has 0 spiro atoms. The monoisotopic (exact) mass is 294 g/mol. The van der Waals surface area contributed by atoms with Crippen LogP contribution in [0.1, 0.15) is 10.4 Å². The fourth-order valence-electron chi connectivity index (χ4n) is 1.62. The molecule has 110 valence electrons. The standard InChI is InChI=1S/C15H12F2O4/c16-11-4-5-13(17)14(9-11)21-7-6-20-12-3-1-2-10(8-12)15(18)19/h1-5,8-9H,6-7H2,(H,18,19). The molecule has 2 rings (SSSR count). The van der Waals surface area contributed by atoms with Crippen LogP contribution < -0.4 is 9.47 Å². The van der Waals surface area contributed by atoms with Gasteiger partial charge in [0.15, 0.2) is 11.6 Å². The Bertz CT molecular complexity index is 643. The van der Waals surface area contributed by atoms with Crippen molar-refractivity contribution < 1.29 is 28.2 Å². The number of carbonyl (C=O) groups is 1. The quantitative estimate of drug-likeness (QED) is 0.832. The third-order valence-electron chi connectivity index (χ3n) is 2.58. The van der Waals surface area contributed by atoms with Gasteiger partial charge >= 0.3 is 5.97 Å². The smallest absolute Gasteiger partial charge is 0.335 e. The van der Waals surface area contributed by atoms with Crippen molar-refractivity contribution in [3.05, 3.63) is 59.7 Å². The zero-order valence-corrected chi connectivity index (χ0v) is 10.9. The molecule has 0 aliphatic carbocycles. The highest BCUT2D eigenvalue weighted by Crippen LogP contribution is 2.18. The summed E-state index contributed by atoms with van der Waals surface area (Å²) in [6.45, 7) is 0.0662. The van der Waals surface area contributed by atoms with Crippen LogP contribution in [0.15, 0.2) is 42.5 Å². The topological polar surface area (TPSA) is 55.8 Å². The Kier molecular flexibility index (Phi) is 4.71. The summed E-state index contributed by atoms with van der Waals surface area (Å²) in [6, 6.07) is 8.86. The van der Waals surface area contributed by atoms with E-state index in [9.17, 15) is 13.6 Å². The Balaban J connectivity index is 1.86. The van der Waals surface area contributed by atoms with Crippen molar-refractivity contribution in [1.29, 1.82) is 0 Å². The van der Waals surface area contributed by atoms with E-state index in [1.807, 2.05) is 0 Å². The molecule has 0 bridgehead atoms. The summed E-state index contributed by atoms with van der Waals surface area (Å²) in [4.78, 5) is 10.8. The molecule has 21 heavy (non-hydrogen) atoms. The van der Waals surface area contributed by atoms with Gasteiger partial charge in [0.1, 0.15) is 24.8 Å². The summed E-state index contributed by atoms with van der Waals surface area (Å²) >= 11 is 0. The fraction of sp³-hybridized carbons (Fsp3) is 0.133. The Morgan fingerprint density at radius 2 is 1.81 bits per heavy atom. The molecule has 0 fully saturated rings. The lowest BCUT2D eigenvalue weighted by atomic mass is 10.2. The van der Waals surface area contributed by atoms with Crippen LogP contribution in [-0.4, -0.2) is 24.3 Å². The van der Waals surface area contributed by atoms with Crippen LogP contribution in [0.25, 0.3) is 0 Å². The second-order valence-electron chi connectivity index (χ2n) is 4.10. The maximum Gasteiger partial charge on any atom is 0.335 e. The van der Waals surface area contributed by atoms with Gasteiger partial charge in [-0.25, -0.2) is 13.6 Å². The van der Waals surface area contributed by atoms with Crippen molar-refractivity contribution in [3.8, 4) is 11.5 Å². The van der Waals surface area contributed by atoms with Gasteiger partial charge in [0.05, 0.1) is 5.56 Å². The third kappa shape index (κ3) is 4.17. The molecule has 0 heterocycles. The highest BCUT2D eigenvalue weighted by molar-refractivity contribution is 5.87.